The molecule has 1 aliphatic rings. The molecular weight excluding hydrogens is 140 g/mol. The minimum Gasteiger partial charge on any atom is -0.374 e. The maximum atomic E-state index is 5.51. The van der Waals surface area contributed by atoms with E-state index in [2.05, 4.69) is 18.7 Å². The van der Waals surface area contributed by atoms with E-state index in [1.807, 2.05) is 0 Å². The zero-order valence-corrected chi connectivity index (χ0v) is 7.42. The Hall–Kier alpha value is -0.120. The van der Waals surface area contributed by atoms with Gasteiger partial charge in [-0.3, -0.25) is 4.90 Å². The Bertz CT molecular complexity index is 117. The van der Waals surface area contributed by atoms with E-state index in [1.165, 1.54) is 0 Å². The van der Waals surface area contributed by atoms with Crippen LogP contribution in [0.25, 0.3) is 0 Å². The third-order valence-corrected chi connectivity index (χ3v) is 2.16. The van der Waals surface area contributed by atoms with Crippen LogP contribution < -0.4 is 5.73 Å². The molecule has 11 heavy (non-hydrogen) atoms. The third-order valence-electron chi connectivity index (χ3n) is 2.16. The van der Waals surface area contributed by atoms with E-state index >= 15 is 0 Å². The Labute approximate surface area is 68.5 Å². The van der Waals surface area contributed by atoms with E-state index in [1.54, 1.807) is 0 Å². The highest BCUT2D eigenvalue weighted by atomic mass is 16.5. The Morgan fingerprint density at radius 1 is 1.64 bits per heavy atom. The number of morpholine rings is 1. The van der Waals surface area contributed by atoms with Crippen molar-refractivity contribution in [2.75, 3.05) is 26.2 Å². The maximum absolute atomic E-state index is 5.51. The SMILES string of the molecule is CC(C)N1CCO[C@H](CN)C1. The average molecular weight is 158 g/mol. The van der Waals surface area contributed by atoms with E-state index in [0.717, 1.165) is 19.7 Å². The van der Waals surface area contributed by atoms with Crippen molar-refractivity contribution >= 4 is 0 Å². The Morgan fingerprint density at radius 2 is 2.36 bits per heavy atom. The normalized spacial score (nSPS) is 27.8. The highest BCUT2D eigenvalue weighted by Gasteiger charge is 2.20. The molecule has 66 valence electrons. The van der Waals surface area contributed by atoms with Crippen molar-refractivity contribution < 1.29 is 4.74 Å². The van der Waals surface area contributed by atoms with Gasteiger partial charge >= 0.3 is 0 Å². The first-order valence-corrected chi connectivity index (χ1v) is 4.29. The lowest BCUT2D eigenvalue weighted by molar-refractivity contribution is -0.0334. The van der Waals surface area contributed by atoms with E-state index in [4.69, 9.17) is 10.5 Å². The van der Waals surface area contributed by atoms with Crippen molar-refractivity contribution in [2.45, 2.75) is 26.0 Å². The molecule has 0 aromatic carbocycles. The van der Waals surface area contributed by atoms with Crippen LogP contribution in [0.2, 0.25) is 0 Å². The summed E-state index contributed by atoms with van der Waals surface area (Å²) in [6.07, 6.45) is 0.256. The standard InChI is InChI=1S/C8H18N2O/c1-7(2)10-3-4-11-8(5-9)6-10/h7-8H,3-6,9H2,1-2H3/t8-/m1/s1. The lowest BCUT2D eigenvalue weighted by atomic mass is 10.2. The van der Waals surface area contributed by atoms with Crippen molar-refractivity contribution in [2.24, 2.45) is 5.73 Å². The molecule has 1 aliphatic heterocycles. The van der Waals surface area contributed by atoms with Crippen LogP contribution in [0.1, 0.15) is 13.8 Å². The molecule has 0 unspecified atom stereocenters. The molecule has 0 amide bonds. The van der Waals surface area contributed by atoms with Crippen molar-refractivity contribution in [1.82, 2.24) is 4.90 Å². The molecule has 1 saturated heterocycles. The van der Waals surface area contributed by atoms with Crippen LogP contribution in [0.4, 0.5) is 0 Å². The summed E-state index contributed by atoms with van der Waals surface area (Å²) in [5, 5.41) is 0. The fourth-order valence-corrected chi connectivity index (χ4v) is 1.35. The summed E-state index contributed by atoms with van der Waals surface area (Å²) in [6, 6.07) is 0.618. The molecule has 0 spiro atoms. The molecule has 0 aromatic rings. The summed E-state index contributed by atoms with van der Waals surface area (Å²) in [5.74, 6) is 0. The second-order valence-electron chi connectivity index (χ2n) is 3.32. The van der Waals surface area contributed by atoms with E-state index < -0.39 is 0 Å². The summed E-state index contributed by atoms with van der Waals surface area (Å²) in [4.78, 5) is 2.40. The highest BCUT2D eigenvalue weighted by molar-refractivity contribution is 4.73. The van der Waals surface area contributed by atoms with Gasteiger partial charge in [-0.25, -0.2) is 0 Å². The number of ether oxygens (including phenoxy) is 1. The van der Waals surface area contributed by atoms with Gasteiger partial charge in [-0.1, -0.05) is 0 Å². The second-order valence-corrected chi connectivity index (χ2v) is 3.32. The van der Waals surface area contributed by atoms with Crippen molar-refractivity contribution in [3.05, 3.63) is 0 Å². The molecule has 3 heteroatoms. The molecule has 1 rings (SSSR count). The smallest absolute Gasteiger partial charge is 0.0824 e. The number of hydrogen-bond donors (Lipinski definition) is 1. The fraction of sp³-hybridized carbons (Fsp3) is 1.00. The molecule has 1 fully saturated rings. The molecule has 0 bridgehead atoms. The van der Waals surface area contributed by atoms with Gasteiger partial charge in [-0.05, 0) is 13.8 Å². The third kappa shape index (κ3) is 2.43. The van der Waals surface area contributed by atoms with Gasteiger partial charge in [0, 0.05) is 25.7 Å². The first-order chi connectivity index (χ1) is 5.24. The fourth-order valence-electron chi connectivity index (χ4n) is 1.35. The molecule has 0 radical (unpaired) electrons. The molecule has 1 atom stereocenters. The quantitative estimate of drug-likeness (QED) is 0.617. The van der Waals surface area contributed by atoms with Gasteiger partial charge in [0.1, 0.15) is 0 Å². The zero-order chi connectivity index (χ0) is 8.27. The second kappa shape index (κ2) is 4.04. The van der Waals surface area contributed by atoms with Gasteiger partial charge in [0.15, 0.2) is 0 Å². The van der Waals surface area contributed by atoms with Gasteiger partial charge in [0.05, 0.1) is 12.7 Å². The minimum atomic E-state index is 0.256. The number of nitrogens with two attached hydrogens (primary N) is 1. The van der Waals surface area contributed by atoms with Crippen LogP contribution in [0.15, 0.2) is 0 Å². The summed E-state index contributed by atoms with van der Waals surface area (Å²) in [5.41, 5.74) is 5.51. The summed E-state index contributed by atoms with van der Waals surface area (Å²) in [6.45, 7) is 7.93. The number of hydrogen-bond acceptors (Lipinski definition) is 3. The van der Waals surface area contributed by atoms with E-state index in [0.29, 0.717) is 12.6 Å². The van der Waals surface area contributed by atoms with Crippen LogP contribution in [-0.4, -0.2) is 43.3 Å². The van der Waals surface area contributed by atoms with Crippen LogP contribution in [0.3, 0.4) is 0 Å². The largest absolute Gasteiger partial charge is 0.374 e. The van der Waals surface area contributed by atoms with Crippen LogP contribution >= 0.6 is 0 Å². The predicted octanol–water partition coefficient (Wildman–Crippen LogP) is 0.0543. The first kappa shape index (κ1) is 8.97. The van der Waals surface area contributed by atoms with Gasteiger partial charge in [-0.15, -0.1) is 0 Å². The van der Waals surface area contributed by atoms with Crippen LogP contribution in [0.5, 0.6) is 0 Å². The molecule has 2 N–H and O–H groups in total. The first-order valence-electron chi connectivity index (χ1n) is 4.29. The maximum Gasteiger partial charge on any atom is 0.0824 e. The monoisotopic (exact) mass is 158 g/mol. The molecular formula is C8H18N2O. The zero-order valence-electron chi connectivity index (χ0n) is 7.42. The molecule has 1 heterocycles. The van der Waals surface area contributed by atoms with Gasteiger partial charge < -0.3 is 10.5 Å². The predicted molar refractivity (Wildman–Crippen MR) is 45.5 cm³/mol. The van der Waals surface area contributed by atoms with Crippen LogP contribution in [0, 0.1) is 0 Å². The van der Waals surface area contributed by atoms with Gasteiger partial charge in [-0.2, -0.15) is 0 Å². The lowest BCUT2D eigenvalue weighted by Gasteiger charge is -2.34. The van der Waals surface area contributed by atoms with Gasteiger partial charge in [0.2, 0.25) is 0 Å². The van der Waals surface area contributed by atoms with Crippen molar-refractivity contribution in [1.29, 1.82) is 0 Å². The summed E-state index contributed by atoms with van der Waals surface area (Å²) >= 11 is 0. The average Bonchev–Trinajstić information content (AvgIpc) is 2.05. The van der Waals surface area contributed by atoms with E-state index in [9.17, 15) is 0 Å². The Balaban J connectivity index is 2.33. The topological polar surface area (TPSA) is 38.5 Å². The van der Waals surface area contributed by atoms with Crippen molar-refractivity contribution in [3.63, 3.8) is 0 Å². The summed E-state index contributed by atoms with van der Waals surface area (Å²) < 4.78 is 5.44. The molecule has 0 saturated carbocycles. The molecule has 0 aliphatic carbocycles. The Morgan fingerprint density at radius 3 is 2.91 bits per heavy atom. The Kier molecular flexibility index (Phi) is 3.30. The molecule has 0 aromatic heterocycles. The minimum absolute atomic E-state index is 0.256. The summed E-state index contributed by atoms with van der Waals surface area (Å²) in [7, 11) is 0. The van der Waals surface area contributed by atoms with Crippen molar-refractivity contribution in [3.8, 4) is 0 Å². The van der Waals surface area contributed by atoms with E-state index in [-0.39, 0.29) is 6.10 Å². The van der Waals surface area contributed by atoms with Gasteiger partial charge in [0.25, 0.3) is 0 Å². The number of nitrogens with zero attached hydrogens (tertiary/aromatic N) is 1. The van der Waals surface area contributed by atoms with Crippen LogP contribution in [-0.2, 0) is 4.74 Å². The molecule has 3 nitrogen and oxygen atoms in total. The number of rotatable bonds is 2. The lowest BCUT2D eigenvalue weighted by Crippen LogP contribution is -2.48. The highest BCUT2D eigenvalue weighted by Crippen LogP contribution is 2.07.